The van der Waals surface area contributed by atoms with Crippen LogP contribution in [0.4, 0.5) is 28.9 Å². The van der Waals surface area contributed by atoms with Gasteiger partial charge in [-0.2, -0.15) is 4.31 Å². The highest BCUT2D eigenvalue weighted by Gasteiger charge is 2.39. The van der Waals surface area contributed by atoms with Gasteiger partial charge in [-0.25, -0.2) is 30.8 Å². The highest BCUT2D eigenvalue weighted by Crippen LogP contribution is 2.46. The zero-order valence-electron chi connectivity index (χ0n) is 29.2. The molecule has 55 heavy (non-hydrogen) atoms. The Labute approximate surface area is 325 Å². The number of nitrogens with zero attached hydrogens (tertiary/aromatic N) is 3. The van der Waals surface area contributed by atoms with Gasteiger partial charge in [-0.15, -0.1) is 0 Å². The number of hydrogen-bond donors (Lipinski definition) is 1. The summed E-state index contributed by atoms with van der Waals surface area (Å²) in [6, 6.07) is 16.4. The molecular formula is C39H35Cl2F4N3O6S. The molecule has 1 heterocycles. The normalized spacial score (nSPS) is 16.1. The fraction of sp³-hybridized carbons (Fsp3) is 0.333. The fourth-order valence-electron chi connectivity index (χ4n) is 6.79. The Morgan fingerprint density at radius 2 is 1.44 bits per heavy atom. The van der Waals surface area contributed by atoms with Gasteiger partial charge >= 0.3 is 5.97 Å². The number of morpholine rings is 1. The predicted octanol–water partition coefficient (Wildman–Crippen LogP) is 8.26. The number of rotatable bonds is 13. The Balaban J connectivity index is 1.36. The smallest absolute Gasteiger partial charge is 0.335 e. The Morgan fingerprint density at radius 1 is 0.818 bits per heavy atom. The van der Waals surface area contributed by atoms with E-state index in [0.29, 0.717) is 48.1 Å². The van der Waals surface area contributed by atoms with Crippen molar-refractivity contribution in [1.82, 2.24) is 4.31 Å². The van der Waals surface area contributed by atoms with Crippen LogP contribution < -0.4 is 9.80 Å². The third kappa shape index (κ3) is 8.20. The van der Waals surface area contributed by atoms with E-state index in [2.05, 4.69) is 6.07 Å². The first kappa shape index (κ1) is 39.0. The summed E-state index contributed by atoms with van der Waals surface area (Å²) in [4.78, 5) is 28.5. The maximum Gasteiger partial charge on any atom is 0.335 e. The van der Waals surface area contributed by atoms with Crippen LogP contribution in [0.15, 0.2) is 65.6 Å². The molecule has 16 heteroatoms. The lowest BCUT2D eigenvalue weighted by atomic mass is 9.99. The van der Waals surface area contributed by atoms with Crippen LogP contribution in [0.5, 0.6) is 0 Å². The molecule has 1 aliphatic heterocycles. The first-order chi connectivity index (χ1) is 26.2. The molecule has 4 aromatic rings. The summed E-state index contributed by atoms with van der Waals surface area (Å²) in [6.45, 7) is -0.460. The molecule has 7 rings (SSSR count). The molecule has 9 nitrogen and oxygen atoms in total. The summed E-state index contributed by atoms with van der Waals surface area (Å²) in [5.74, 6) is -10.4. The molecular weight excluding hydrogens is 785 g/mol. The largest absolute Gasteiger partial charge is 0.478 e. The van der Waals surface area contributed by atoms with Gasteiger partial charge in [0, 0.05) is 24.7 Å². The van der Waals surface area contributed by atoms with E-state index in [0.717, 1.165) is 42.4 Å². The van der Waals surface area contributed by atoms with Crippen molar-refractivity contribution >= 4 is 56.5 Å². The maximum absolute atomic E-state index is 15.3. The second-order valence-corrected chi connectivity index (χ2v) is 16.6. The number of halogens is 6. The summed E-state index contributed by atoms with van der Waals surface area (Å²) in [6.07, 6.45) is 4.08. The topological polar surface area (TPSA) is 107 Å². The summed E-state index contributed by atoms with van der Waals surface area (Å²) in [5, 5.41) is 8.45. The number of ether oxygens (including phenoxy) is 1. The monoisotopic (exact) mass is 819 g/mol. The van der Waals surface area contributed by atoms with Crippen LogP contribution in [-0.4, -0.2) is 62.6 Å². The quantitative estimate of drug-likeness (QED) is 0.0823. The first-order valence-corrected chi connectivity index (χ1v) is 19.8. The van der Waals surface area contributed by atoms with Crippen LogP contribution in [0.1, 0.15) is 70.1 Å². The predicted molar refractivity (Wildman–Crippen MR) is 198 cm³/mol. The van der Waals surface area contributed by atoms with Crippen LogP contribution in [0.2, 0.25) is 10.0 Å². The van der Waals surface area contributed by atoms with E-state index in [1.807, 2.05) is 17.0 Å². The minimum Gasteiger partial charge on any atom is -0.478 e. The van der Waals surface area contributed by atoms with Crippen molar-refractivity contribution in [3.8, 4) is 0 Å². The van der Waals surface area contributed by atoms with Crippen LogP contribution >= 0.6 is 23.2 Å². The van der Waals surface area contributed by atoms with Gasteiger partial charge in [0.05, 0.1) is 43.2 Å². The van der Waals surface area contributed by atoms with Gasteiger partial charge < -0.3 is 19.6 Å². The molecule has 2 aliphatic carbocycles. The number of carboxylic acid groups (broad SMARTS) is 1. The average Bonchev–Trinajstić information content (AvgIpc) is 4.10. The molecule has 4 aromatic carbocycles. The van der Waals surface area contributed by atoms with Crippen molar-refractivity contribution in [2.75, 3.05) is 42.6 Å². The average molecular weight is 821 g/mol. The van der Waals surface area contributed by atoms with E-state index >= 15 is 4.39 Å². The number of amides is 1. The van der Waals surface area contributed by atoms with E-state index in [1.165, 1.54) is 41.3 Å². The number of carbonyl (C=O) groups excluding carboxylic acids is 1. The molecule has 0 radical (unpaired) electrons. The van der Waals surface area contributed by atoms with Gasteiger partial charge in [0.2, 0.25) is 15.9 Å². The van der Waals surface area contributed by atoms with Crippen molar-refractivity contribution in [1.29, 1.82) is 0 Å². The fourth-order valence-corrected chi connectivity index (χ4v) is 8.93. The number of benzene rings is 4. The maximum atomic E-state index is 15.3. The molecule has 0 spiro atoms. The lowest BCUT2D eigenvalue weighted by Gasteiger charge is -2.35. The highest BCUT2D eigenvalue weighted by molar-refractivity contribution is 7.89. The van der Waals surface area contributed by atoms with Gasteiger partial charge in [0.15, 0.2) is 23.3 Å². The Morgan fingerprint density at radius 3 is 2.04 bits per heavy atom. The molecule has 1 N–H and O–H groups in total. The minimum atomic E-state index is -5.42. The first-order valence-electron chi connectivity index (χ1n) is 17.6. The number of hydrogen-bond acceptors (Lipinski definition) is 6. The van der Waals surface area contributed by atoms with Crippen molar-refractivity contribution < 1.29 is 45.4 Å². The van der Waals surface area contributed by atoms with Crippen LogP contribution in [0, 0.1) is 23.3 Å². The van der Waals surface area contributed by atoms with Crippen molar-refractivity contribution in [3.05, 3.63) is 122 Å². The molecule has 0 atom stereocenters. The number of sulfonamides is 1. The van der Waals surface area contributed by atoms with Crippen LogP contribution in [-0.2, 0) is 32.6 Å². The molecule has 3 aliphatic rings. The van der Waals surface area contributed by atoms with E-state index in [9.17, 15) is 36.3 Å². The van der Waals surface area contributed by atoms with E-state index in [4.69, 9.17) is 27.9 Å². The highest BCUT2D eigenvalue weighted by atomic mass is 35.5. The molecule has 290 valence electrons. The number of anilines is 2. The third-order valence-corrected chi connectivity index (χ3v) is 12.7. The van der Waals surface area contributed by atoms with Crippen molar-refractivity contribution in [3.63, 3.8) is 0 Å². The Kier molecular flexibility index (Phi) is 11.2. The summed E-state index contributed by atoms with van der Waals surface area (Å²) < 4.78 is 93.4. The molecule has 0 unspecified atom stereocenters. The van der Waals surface area contributed by atoms with Gasteiger partial charge in [0.25, 0.3) is 0 Å². The Bertz CT molecular complexity index is 2220. The van der Waals surface area contributed by atoms with Gasteiger partial charge in [-0.3, -0.25) is 4.79 Å². The third-order valence-electron chi connectivity index (χ3n) is 10.0. The van der Waals surface area contributed by atoms with Crippen LogP contribution in [0.3, 0.4) is 0 Å². The van der Waals surface area contributed by atoms with E-state index in [-0.39, 0.29) is 28.4 Å². The Hall–Kier alpha value is -4.21. The zero-order chi connectivity index (χ0) is 39.2. The minimum absolute atomic E-state index is 0.0576. The van der Waals surface area contributed by atoms with E-state index < -0.39 is 68.2 Å². The van der Waals surface area contributed by atoms with Crippen molar-refractivity contribution in [2.45, 2.75) is 55.5 Å². The second kappa shape index (κ2) is 15.7. The molecule has 1 saturated heterocycles. The molecule has 1 amide bonds. The van der Waals surface area contributed by atoms with Gasteiger partial charge in [0.1, 0.15) is 9.92 Å². The standard InChI is InChI=1S/C39H35Cl2F4N3O6S/c40-29-4-2-1-3-26(29)20-47(55(52,53)38-33(41)34(42)35(43)36(44)37(38)45)21-32(49)48(19-22-15-27(23-5-6-23)17-28(16-22)24-7-8-24)30-10-9-25(39(50)51)18-31(30)46-11-13-54-14-12-46/h1-4,9-10,15-18,23-24H,5-8,11-14,19-21H2,(H,50,51). The second-order valence-electron chi connectivity index (χ2n) is 13.9. The van der Waals surface area contributed by atoms with Gasteiger partial charge in [-0.05, 0) is 84.0 Å². The summed E-state index contributed by atoms with van der Waals surface area (Å²) >= 11 is 12.3. The van der Waals surface area contributed by atoms with Crippen LogP contribution in [0.25, 0.3) is 0 Å². The number of aromatic carboxylic acids is 1. The lowest BCUT2D eigenvalue weighted by Crippen LogP contribution is -2.44. The summed E-state index contributed by atoms with van der Waals surface area (Å²) in [5.41, 5.74) is 3.70. The van der Waals surface area contributed by atoms with Gasteiger partial charge in [-0.1, -0.05) is 59.6 Å². The molecule has 0 aromatic heterocycles. The number of carbonyl (C=O) groups is 2. The molecule has 0 bridgehead atoms. The number of carboxylic acids is 1. The molecule has 2 saturated carbocycles. The zero-order valence-corrected chi connectivity index (χ0v) is 31.5. The van der Waals surface area contributed by atoms with Crippen molar-refractivity contribution in [2.24, 2.45) is 0 Å². The lowest BCUT2D eigenvalue weighted by molar-refractivity contribution is -0.119. The summed E-state index contributed by atoms with van der Waals surface area (Å²) in [7, 11) is -5.42. The van der Waals surface area contributed by atoms with E-state index in [1.54, 1.807) is 6.07 Å². The SMILES string of the molecule is O=C(O)c1ccc(N(Cc2cc(C3CC3)cc(C3CC3)c2)C(=O)CN(Cc2ccccc2Cl)S(=O)(=O)c2c(F)c(F)c(F)c(F)c2Cl)c(N2CCOCC2)c1. The molecule has 3 fully saturated rings.